The van der Waals surface area contributed by atoms with Crippen LogP contribution >= 0.6 is 0 Å². The van der Waals surface area contributed by atoms with Gasteiger partial charge in [-0.1, -0.05) is 0 Å². The summed E-state index contributed by atoms with van der Waals surface area (Å²) in [6.07, 6.45) is -3.76. The molecule has 0 saturated carbocycles. The van der Waals surface area contributed by atoms with Crippen LogP contribution < -0.4 is 0 Å². The molecule has 1 aromatic rings. The molecule has 0 unspecified atom stereocenters. The Bertz CT molecular complexity index is 698. The third kappa shape index (κ3) is 2.55. The molecule has 1 aliphatic heterocycles. The monoisotopic (exact) mass is 340 g/mol. The van der Waals surface area contributed by atoms with Crippen molar-refractivity contribution in [2.75, 3.05) is 20.2 Å². The number of alkyl halides is 3. The van der Waals surface area contributed by atoms with Crippen molar-refractivity contribution in [2.45, 2.75) is 16.8 Å². The number of aromatic nitrogens is 1. The predicted octanol–water partition coefficient (Wildman–Crippen LogP) is 0.732. The molecule has 0 aromatic carbocycles. The van der Waals surface area contributed by atoms with Gasteiger partial charge in [0.05, 0.1) is 18.7 Å². The average molecular weight is 340 g/mol. The summed E-state index contributed by atoms with van der Waals surface area (Å²) in [7, 11) is -3.47. The van der Waals surface area contributed by atoms with Gasteiger partial charge in [0.15, 0.2) is 10.6 Å². The fourth-order valence-electron chi connectivity index (χ4n) is 1.93. The molecule has 1 aliphatic rings. The molecule has 1 aromatic heterocycles. The van der Waals surface area contributed by atoms with E-state index in [0.29, 0.717) is 4.31 Å². The van der Waals surface area contributed by atoms with Gasteiger partial charge in [-0.2, -0.15) is 17.5 Å². The summed E-state index contributed by atoms with van der Waals surface area (Å²) < 4.78 is 67.8. The molecule has 0 aliphatic carbocycles. The first-order chi connectivity index (χ1) is 10.0. The fraction of sp³-hybridized carbons (Fsp3) is 0.455. The van der Waals surface area contributed by atoms with E-state index in [-0.39, 0.29) is 5.56 Å². The summed E-state index contributed by atoms with van der Waals surface area (Å²) >= 11 is 0. The number of nitrogens with zero attached hydrogens (tertiary/aromatic N) is 2. The van der Waals surface area contributed by atoms with E-state index in [4.69, 9.17) is 5.11 Å². The van der Waals surface area contributed by atoms with E-state index in [2.05, 4.69) is 9.72 Å². The molecule has 1 saturated heterocycles. The summed E-state index contributed by atoms with van der Waals surface area (Å²) in [5, 5.41) is 8.18. The van der Waals surface area contributed by atoms with Gasteiger partial charge >= 0.3 is 12.1 Å². The quantitative estimate of drug-likeness (QED) is 0.868. The van der Waals surface area contributed by atoms with Crippen LogP contribution in [0.4, 0.5) is 13.2 Å². The second-order valence-corrected chi connectivity index (χ2v) is 6.54. The highest BCUT2D eigenvalue weighted by atomic mass is 32.2. The summed E-state index contributed by atoms with van der Waals surface area (Å²) in [5.74, 6) is -1.37. The number of ether oxygens (including phenoxy) is 1. The maximum absolute atomic E-state index is 12.9. The molecule has 0 atom stereocenters. The third-order valence-electron chi connectivity index (χ3n) is 3.36. The second-order valence-electron chi connectivity index (χ2n) is 4.66. The zero-order valence-electron chi connectivity index (χ0n) is 11.2. The van der Waals surface area contributed by atoms with E-state index in [1.165, 1.54) is 0 Å². The SMILES string of the molecule is COC1(C(F)(F)F)CN(S(=O)(=O)c2cc(C(=O)O)ccn2)C1. The van der Waals surface area contributed by atoms with Crippen molar-refractivity contribution >= 4 is 16.0 Å². The van der Waals surface area contributed by atoms with E-state index in [9.17, 15) is 26.4 Å². The first-order valence-electron chi connectivity index (χ1n) is 5.85. The Labute approximate surface area is 123 Å². The van der Waals surface area contributed by atoms with Crippen molar-refractivity contribution in [3.63, 3.8) is 0 Å². The van der Waals surface area contributed by atoms with E-state index < -0.39 is 45.9 Å². The minimum Gasteiger partial charge on any atom is -0.478 e. The maximum atomic E-state index is 12.9. The van der Waals surface area contributed by atoms with Crippen LogP contribution in [0.5, 0.6) is 0 Å². The molecule has 11 heteroatoms. The average Bonchev–Trinajstić information content (AvgIpc) is 2.36. The van der Waals surface area contributed by atoms with E-state index >= 15 is 0 Å². The summed E-state index contributed by atoms with van der Waals surface area (Å²) in [4.78, 5) is 14.3. The Morgan fingerprint density at radius 1 is 1.45 bits per heavy atom. The molecule has 2 rings (SSSR count). The Morgan fingerprint density at radius 2 is 2.05 bits per heavy atom. The van der Waals surface area contributed by atoms with Gasteiger partial charge in [-0.15, -0.1) is 0 Å². The Hall–Kier alpha value is -1.72. The highest BCUT2D eigenvalue weighted by molar-refractivity contribution is 7.89. The Balaban J connectivity index is 2.28. The van der Waals surface area contributed by atoms with Crippen molar-refractivity contribution < 1.29 is 36.2 Å². The molecule has 0 bridgehead atoms. The molecule has 0 radical (unpaired) electrons. The van der Waals surface area contributed by atoms with Crippen LogP contribution in [0, 0.1) is 0 Å². The number of halogens is 3. The lowest BCUT2D eigenvalue weighted by Crippen LogP contribution is -2.71. The van der Waals surface area contributed by atoms with Gasteiger partial charge in [0.25, 0.3) is 10.0 Å². The van der Waals surface area contributed by atoms with Crippen molar-refractivity contribution in [2.24, 2.45) is 0 Å². The molecular weight excluding hydrogens is 329 g/mol. The van der Waals surface area contributed by atoms with Gasteiger partial charge in [-0.25, -0.2) is 18.2 Å². The largest absolute Gasteiger partial charge is 0.478 e. The van der Waals surface area contributed by atoms with Crippen LogP contribution in [0.15, 0.2) is 23.4 Å². The maximum Gasteiger partial charge on any atom is 0.420 e. The van der Waals surface area contributed by atoms with Gasteiger partial charge in [-0.05, 0) is 12.1 Å². The lowest BCUT2D eigenvalue weighted by atomic mass is 9.96. The Kier molecular flexibility index (Phi) is 3.92. The minimum absolute atomic E-state index is 0.331. The van der Waals surface area contributed by atoms with Crippen LogP contribution in [0.1, 0.15) is 10.4 Å². The number of carbonyl (C=O) groups is 1. The Morgan fingerprint density at radius 3 is 2.50 bits per heavy atom. The van der Waals surface area contributed by atoms with E-state index in [1.54, 1.807) is 0 Å². The van der Waals surface area contributed by atoms with Crippen LogP contribution in [0.3, 0.4) is 0 Å². The van der Waals surface area contributed by atoms with Crippen LogP contribution in [0.25, 0.3) is 0 Å². The zero-order chi connectivity index (χ0) is 16.8. The molecule has 1 N–H and O–H groups in total. The first-order valence-corrected chi connectivity index (χ1v) is 7.29. The minimum atomic E-state index is -4.72. The predicted molar refractivity (Wildman–Crippen MR) is 65.8 cm³/mol. The van der Waals surface area contributed by atoms with Gasteiger partial charge in [0.2, 0.25) is 0 Å². The van der Waals surface area contributed by atoms with Gasteiger partial charge < -0.3 is 9.84 Å². The summed E-state index contributed by atoms with van der Waals surface area (Å²) in [6.45, 7) is -1.82. The summed E-state index contributed by atoms with van der Waals surface area (Å²) in [5.41, 5.74) is -2.88. The molecule has 1 fully saturated rings. The number of aromatic carboxylic acids is 1. The fourth-order valence-corrected chi connectivity index (χ4v) is 3.42. The zero-order valence-corrected chi connectivity index (χ0v) is 12.0. The molecule has 0 spiro atoms. The van der Waals surface area contributed by atoms with Gasteiger partial charge in [-0.3, -0.25) is 0 Å². The lowest BCUT2D eigenvalue weighted by molar-refractivity contribution is -0.299. The molecule has 2 heterocycles. The standard InChI is InChI=1S/C11H11F3N2O5S/c1-21-10(11(12,13)14)5-16(6-10)22(19,20)8-4-7(9(17)18)2-3-15-8/h2-4H,5-6H2,1H3,(H,17,18). The lowest BCUT2D eigenvalue weighted by Gasteiger charge is -2.48. The number of carboxylic acids is 1. The molecular formula is C11H11F3N2O5S. The van der Waals surface area contributed by atoms with E-state index in [1.807, 2.05) is 0 Å². The van der Waals surface area contributed by atoms with Gasteiger partial charge in [0, 0.05) is 13.3 Å². The van der Waals surface area contributed by atoms with E-state index in [0.717, 1.165) is 25.4 Å². The normalized spacial score (nSPS) is 18.7. The van der Waals surface area contributed by atoms with Crippen molar-refractivity contribution in [1.82, 2.24) is 9.29 Å². The number of methoxy groups -OCH3 is 1. The number of rotatable bonds is 4. The number of hydrogen-bond donors (Lipinski definition) is 1. The van der Waals surface area contributed by atoms with Crippen molar-refractivity contribution in [3.8, 4) is 0 Å². The second kappa shape index (κ2) is 5.18. The molecule has 0 amide bonds. The van der Waals surface area contributed by atoms with Crippen molar-refractivity contribution in [3.05, 3.63) is 23.9 Å². The topological polar surface area (TPSA) is 96.8 Å². The smallest absolute Gasteiger partial charge is 0.420 e. The molecule has 122 valence electrons. The highest BCUT2D eigenvalue weighted by Crippen LogP contribution is 2.42. The third-order valence-corrected chi connectivity index (χ3v) is 5.05. The van der Waals surface area contributed by atoms with Crippen LogP contribution in [-0.2, 0) is 14.8 Å². The molecule has 22 heavy (non-hydrogen) atoms. The molecule has 7 nitrogen and oxygen atoms in total. The van der Waals surface area contributed by atoms with Crippen LogP contribution in [-0.4, -0.2) is 60.8 Å². The number of pyridine rings is 1. The number of sulfonamides is 1. The number of carboxylic acid groups (broad SMARTS) is 1. The van der Waals surface area contributed by atoms with Gasteiger partial charge in [0.1, 0.15) is 0 Å². The number of hydrogen-bond acceptors (Lipinski definition) is 5. The summed E-state index contributed by atoms with van der Waals surface area (Å²) in [6, 6.07) is 1.87. The first kappa shape index (κ1) is 16.6. The van der Waals surface area contributed by atoms with Crippen molar-refractivity contribution in [1.29, 1.82) is 0 Å². The van der Waals surface area contributed by atoms with Crippen LogP contribution in [0.2, 0.25) is 0 Å². The highest BCUT2D eigenvalue weighted by Gasteiger charge is 2.65.